The fourth-order valence-electron chi connectivity index (χ4n) is 2.89. The average molecular weight is 225 g/mol. The Bertz CT molecular complexity index is 193. The molecule has 0 saturated heterocycles. The summed E-state index contributed by atoms with van der Waals surface area (Å²) in [5.74, 6) is 0. The second-order valence-corrected chi connectivity index (χ2v) is 5.40. The van der Waals surface area contributed by atoms with Gasteiger partial charge in [-0.1, -0.05) is 51.9 Å². The van der Waals surface area contributed by atoms with Crippen LogP contribution in [-0.2, 0) is 4.74 Å². The van der Waals surface area contributed by atoms with Crippen LogP contribution in [0.3, 0.4) is 0 Å². The van der Waals surface area contributed by atoms with Crippen LogP contribution >= 0.6 is 0 Å². The Labute approximate surface area is 100 Å². The van der Waals surface area contributed by atoms with Gasteiger partial charge >= 0.3 is 0 Å². The van der Waals surface area contributed by atoms with E-state index in [2.05, 4.69) is 18.6 Å². The van der Waals surface area contributed by atoms with Crippen molar-refractivity contribution in [1.82, 2.24) is 0 Å². The zero-order valence-corrected chi connectivity index (χ0v) is 11.0. The smallest absolute Gasteiger partial charge is 0.152 e. The Balaban J connectivity index is 2.59. The fraction of sp³-hybridized carbons (Fsp3) is 0.929. The molecule has 0 amide bonds. The Morgan fingerprint density at radius 2 is 1.44 bits per heavy atom. The highest BCUT2D eigenvalue weighted by Crippen LogP contribution is 2.37. The molecule has 94 valence electrons. The zero-order chi connectivity index (χ0) is 11.9. The maximum atomic E-state index is 5.48. The van der Waals surface area contributed by atoms with Crippen molar-refractivity contribution < 1.29 is 4.74 Å². The minimum absolute atomic E-state index is 0.0214. The molecule has 0 unspecified atom stereocenters. The van der Waals surface area contributed by atoms with Crippen LogP contribution in [0, 0.1) is 5.41 Å². The van der Waals surface area contributed by atoms with Gasteiger partial charge in [-0.15, -0.1) is 0 Å². The maximum absolute atomic E-state index is 5.48. The summed E-state index contributed by atoms with van der Waals surface area (Å²) in [6, 6.07) is 0. The lowest BCUT2D eigenvalue weighted by atomic mass is 9.77. The van der Waals surface area contributed by atoms with Crippen LogP contribution < -0.4 is 0 Å². The molecule has 0 aromatic carbocycles. The maximum Gasteiger partial charge on any atom is 0.152 e. The number of aliphatic imine (C=N–C) groups is 1. The van der Waals surface area contributed by atoms with E-state index in [1.807, 2.05) is 0 Å². The van der Waals surface area contributed by atoms with Crippen LogP contribution in [0.4, 0.5) is 0 Å². The molecule has 2 nitrogen and oxygen atoms in total. The molecule has 1 atom stereocenters. The van der Waals surface area contributed by atoms with Crippen molar-refractivity contribution in [2.75, 3.05) is 7.11 Å². The molecule has 0 aliphatic heterocycles. The van der Waals surface area contributed by atoms with Gasteiger partial charge in [-0.2, -0.15) is 0 Å². The van der Waals surface area contributed by atoms with Crippen LogP contribution in [-0.4, -0.2) is 20.1 Å². The molecule has 0 radical (unpaired) electrons. The van der Waals surface area contributed by atoms with Gasteiger partial charge in [0.05, 0.1) is 0 Å². The van der Waals surface area contributed by atoms with Gasteiger partial charge in [0.1, 0.15) is 0 Å². The molecule has 0 aromatic heterocycles. The molecule has 1 rings (SSSR count). The molecule has 0 bridgehead atoms. The number of hydrogen-bond donors (Lipinski definition) is 0. The monoisotopic (exact) mass is 225 g/mol. The van der Waals surface area contributed by atoms with Crippen molar-refractivity contribution in [1.29, 1.82) is 0 Å². The molecule has 1 aliphatic carbocycles. The first-order valence-corrected chi connectivity index (χ1v) is 6.71. The molecule has 16 heavy (non-hydrogen) atoms. The Morgan fingerprint density at radius 3 is 1.81 bits per heavy atom. The van der Waals surface area contributed by atoms with Crippen LogP contribution in [0.5, 0.6) is 0 Å². The summed E-state index contributed by atoms with van der Waals surface area (Å²) in [5.41, 5.74) is 0.202. The minimum atomic E-state index is -0.0214. The third-order valence-corrected chi connectivity index (χ3v) is 3.98. The van der Waals surface area contributed by atoms with Gasteiger partial charge in [0.25, 0.3) is 0 Å². The number of methoxy groups -OCH3 is 1. The predicted molar refractivity (Wildman–Crippen MR) is 70.0 cm³/mol. The van der Waals surface area contributed by atoms with E-state index in [9.17, 15) is 0 Å². The number of nitrogens with zero attached hydrogens (tertiary/aromatic N) is 1. The fourth-order valence-corrected chi connectivity index (χ4v) is 2.89. The Hall–Kier alpha value is -0.370. The molecular formula is C14H27NO. The molecule has 1 aliphatic rings. The first kappa shape index (κ1) is 13.7. The van der Waals surface area contributed by atoms with Crippen molar-refractivity contribution in [2.24, 2.45) is 10.4 Å². The summed E-state index contributed by atoms with van der Waals surface area (Å²) in [7, 11) is 1.75. The van der Waals surface area contributed by atoms with Crippen LogP contribution in [0.2, 0.25) is 0 Å². The average Bonchev–Trinajstić information content (AvgIpc) is 2.29. The first-order valence-electron chi connectivity index (χ1n) is 6.71. The van der Waals surface area contributed by atoms with Gasteiger partial charge in [0, 0.05) is 12.5 Å². The van der Waals surface area contributed by atoms with Gasteiger partial charge in [-0.05, 0) is 19.6 Å². The lowest BCUT2D eigenvalue weighted by molar-refractivity contribution is -0.00944. The van der Waals surface area contributed by atoms with Crippen molar-refractivity contribution in [3.05, 3.63) is 0 Å². The van der Waals surface area contributed by atoms with Crippen molar-refractivity contribution in [3.8, 4) is 0 Å². The third-order valence-electron chi connectivity index (χ3n) is 3.98. The molecule has 0 N–H and O–H groups in total. The van der Waals surface area contributed by atoms with E-state index >= 15 is 0 Å². The van der Waals surface area contributed by atoms with E-state index in [0.717, 1.165) is 0 Å². The van der Waals surface area contributed by atoms with E-state index in [0.29, 0.717) is 0 Å². The SMILES string of the molecule is C=N[C@@H](OC)C1(C)CCCCCCCCC1. The topological polar surface area (TPSA) is 21.6 Å². The second kappa shape index (κ2) is 7.05. The summed E-state index contributed by atoms with van der Waals surface area (Å²) in [6.07, 6.45) is 12.0. The zero-order valence-electron chi connectivity index (χ0n) is 11.0. The molecular weight excluding hydrogens is 198 g/mol. The van der Waals surface area contributed by atoms with Crippen LogP contribution in [0.25, 0.3) is 0 Å². The predicted octanol–water partition coefficient (Wildman–Crippen LogP) is 4.19. The molecule has 2 heteroatoms. The lowest BCUT2D eigenvalue weighted by Gasteiger charge is -2.35. The summed E-state index contributed by atoms with van der Waals surface area (Å²) in [5, 5.41) is 0. The van der Waals surface area contributed by atoms with Gasteiger partial charge in [0.15, 0.2) is 6.23 Å². The quantitative estimate of drug-likeness (QED) is 0.660. The van der Waals surface area contributed by atoms with E-state index < -0.39 is 0 Å². The highest BCUT2D eigenvalue weighted by Gasteiger charge is 2.32. The Morgan fingerprint density at radius 1 is 1.00 bits per heavy atom. The van der Waals surface area contributed by atoms with Crippen molar-refractivity contribution in [2.45, 2.75) is 70.9 Å². The molecule has 0 aromatic rings. The van der Waals surface area contributed by atoms with Gasteiger partial charge < -0.3 is 4.74 Å². The standard InChI is InChI=1S/C14H27NO/c1-14(13(15-2)16-3)11-9-7-5-4-6-8-10-12-14/h13H,2,4-12H2,1,3H3/t13-/m0/s1. The highest BCUT2D eigenvalue weighted by atomic mass is 16.5. The summed E-state index contributed by atoms with van der Waals surface area (Å²) in [6.45, 7) is 5.99. The number of ether oxygens (including phenoxy) is 1. The van der Waals surface area contributed by atoms with Crippen molar-refractivity contribution in [3.63, 3.8) is 0 Å². The summed E-state index contributed by atoms with van der Waals surface area (Å²) >= 11 is 0. The molecule has 0 heterocycles. The van der Waals surface area contributed by atoms with E-state index in [-0.39, 0.29) is 11.6 Å². The van der Waals surface area contributed by atoms with Crippen LogP contribution in [0.1, 0.15) is 64.7 Å². The van der Waals surface area contributed by atoms with Crippen molar-refractivity contribution >= 4 is 6.72 Å². The molecule has 0 spiro atoms. The summed E-state index contributed by atoms with van der Waals surface area (Å²) < 4.78 is 5.48. The largest absolute Gasteiger partial charge is 0.359 e. The second-order valence-electron chi connectivity index (χ2n) is 5.40. The normalized spacial score (nSPS) is 24.6. The van der Waals surface area contributed by atoms with Gasteiger partial charge in [0.2, 0.25) is 0 Å². The molecule has 1 fully saturated rings. The van der Waals surface area contributed by atoms with E-state index in [1.165, 1.54) is 57.8 Å². The lowest BCUT2D eigenvalue weighted by Crippen LogP contribution is -2.32. The number of hydrogen-bond acceptors (Lipinski definition) is 2. The van der Waals surface area contributed by atoms with E-state index in [1.54, 1.807) is 7.11 Å². The van der Waals surface area contributed by atoms with Gasteiger partial charge in [-0.3, -0.25) is 4.99 Å². The molecule has 1 saturated carbocycles. The minimum Gasteiger partial charge on any atom is -0.359 e. The highest BCUT2D eigenvalue weighted by molar-refractivity contribution is 5.24. The van der Waals surface area contributed by atoms with Crippen LogP contribution in [0.15, 0.2) is 4.99 Å². The van der Waals surface area contributed by atoms with E-state index in [4.69, 9.17) is 4.74 Å². The summed E-state index contributed by atoms with van der Waals surface area (Å²) in [4.78, 5) is 4.16. The first-order chi connectivity index (χ1) is 7.73. The van der Waals surface area contributed by atoms with Gasteiger partial charge in [-0.25, -0.2) is 0 Å². The number of rotatable bonds is 3. The Kier molecular flexibility index (Phi) is 6.04. The third kappa shape index (κ3) is 3.89.